The molecule has 0 fully saturated rings. The van der Waals surface area contributed by atoms with E-state index in [2.05, 4.69) is 10.1 Å². The van der Waals surface area contributed by atoms with E-state index < -0.39 is 5.91 Å². The smallest absolute Gasteiger partial charge is 0.252 e. The molecule has 1 amide bonds. The summed E-state index contributed by atoms with van der Waals surface area (Å²) in [5.74, 6) is 0.233. The third kappa shape index (κ3) is 1.87. The van der Waals surface area contributed by atoms with E-state index in [4.69, 9.17) is 11.5 Å². The van der Waals surface area contributed by atoms with Gasteiger partial charge in [-0.1, -0.05) is 18.2 Å². The number of hydrogen-bond donors (Lipinski definition) is 2. The summed E-state index contributed by atoms with van der Waals surface area (Å²) in [6, 6.07) is 9.22. The maximum atomic E-state index is 11.6. The van der Waals surface area contributed by atoms with Crippen LogP contribution in [0.5, 0.6) is 0 Å². The molecule has 0 saturated carbocycles. The zero-order valence-electron chi connectivity index (χ0n) is 10.9. The average molecular weight is 267 g/mol. The number of benzene rings is 1. The Bertz CT molecular complexity index is 802. The van der Waals surface area contributed by atoms with E-state index in [-0.39, 0.29) is 0 Å². The molecule has 0 aliphatic rings. The number of hydrogen-bond acceptors (Lipinski definition) is 4. The first-order valence-corrected chi connectivity index (χ1v) is 6.08. The number of carbonyl (C=O) groups excluding carboxylic acids is 1. The van der Waals surface area contributed by atoms with E-state index in [9.17, 15) is 4.79 Å². The topological polar surface area (TPSA) is 99.8 Å². The van der Waals surface area contributed by atoms with Crippen LogP contribution in [0.1, 0.15) is 15.9 Å². The summed E-state index contributed by atoms with van der Waals surface area (Å²) in [5, 5.41) is 5.00. The number of pyridine rings is 1. The van der Waals surface area contributed by atoms with Gasteiger partial charge in [0.1, 0.15) is 5.82 Å². The summed E-state index contributed by atoms with van der Waals surface area (Å²) in [6.45, 7) is 1.84. The fraction of sp³-hybridized carbons (Fsp3) is 0.0714. The van der Waals surface area contributed by atoms with E-state index in [0.717, 1.165) is 16.5 Å². The Hall–Kier alpha value is -2.89. The number of nitrogen functional groups attached to an aromatic ring is 1. The van der Waals surface area contributed by atoms with Crippen LogP contribution >= 0.6 is 0 Å². The highest BCUT2D eigenvalue weighted by atomic mass is 16.1. The highest BCUT2D eigenvalue weighted by Gasteiger charge is 2.15. The van der Waals surface area contributed by atoms with Crippen molar-refractivity contribution in [2.75, 3.05) is 5.73 Å². The second kappa shape index (κ2) is 4.34. The Morgan fingerprint density at radius 3 is 2.70 bits per heavy atom. The molecule has 0 saturated heterocycles. The molecule has 3 rings (SSSR count). The number of anilines is 1. The van der Waals surface area contributed by atoms with Gasteiger partial charge in [-0.2, -0.15) is 0 Å². The molecule has 100 valence electrons. The van der Waals surface area contributed by atoms with E-state index in [1.54, 1.807) is 12.3 Å². The molecule has 6 heteroatoms. The molecular formula is C14H13N5O. The summed E-state index contributed by atoms with van der Waals surface area (Å²) in [4.78, 5) is 16.1. The van der Waals surface area contributed by atoms with Crippen LogP contribution in [0.15, 0.2) is 36.5 Å². The molecule has 0 atom stereocenters. The third-order valence-electron chi connectivity index (χ3n) is 3.12. The predicted octanol–water partition coefficient (Wildman–Crippen LogP) is 1.41. The van der Waals surface area contributed by atoms with Crippen molar-refractivity contribution < 1.29 is 4.79 Å². The zero-order valence-corrected chi connectivity index (χ0v) is 10.9. The average Bonchev–Trinajstić information content (AvgIpc) is 2.77. The molecular weight excluding hydrogens is 254 g/mol. The number of aryl methyl sites for hydroxylation is 1. The van der Waals surface area contributed by atoms with Gasteiger partial charge in [0.25, 0.3) is 5.91 Å². The number of aromatic nitrogens is 3. The van der Waals surface area contributed by atoms with Crippen LogP contribution in [0, 0.1) is 6.92 Å². The number of carbonyl (C=O) groups is 1. The molecule has 0 spiro atoms. The van der Waals surface area contributed by atoms with Crippen molar-refractivity contribution in [3.05, 3.63) is 47.7 Å². The molecule has 2 heterocycles. The molecule has 4 N–H and O–H groups in total. The first-order valence-electron chi connectivity index (χ1n) is 6.08. The lowest BCUT2D eigenvalue weighted by atomic mass is 10.1. The van der Waals surface area contributed by atoms with Crippen molar-refractivity contribution in [2.24, 2.45) is 5.73 Å². The summed E-state index contributed by atoms with van der Waals surface area (Å²) >= 11 is 0. The van der Waals surface area contributed by atoms with Gasteiger partial charge in [0, 0.05) is 17.1 Å². The van der Waals surface area contributed by atoms with E-state index in [0.29, 0.717) is 17.2 Å². The van der Waals surface area contributed by atoms with Crippen LogP contribution in [-0.4, -0.2) is 20.7 Å². The molecule has 0 radical (unpaired) electrons. The Morgan fingerprint density at radius 2 is 2.05 bits per heavy atom. The number of fused-ring (bicyclic) bond motifs is 1. The molecule has 6 nitrogen and oxygen atoms in total. The van der Waals surface area contributed by atoms with Crippen molar-refractivity contribution in [1.82, 2.24) is 14.8 Å². The quantitative estimate of drug-likeness (QED) is 0.733. The molecule has 0 aliphatic heterocycles. The predicted molar refractivity (Wildman–Crippen MR) is 76.5 cm³/mol. The number of nitrogens with zero attached hydrogens (tertiary/aromatic N) is 3. The summed E-state index contributed by atoms with van der Waals surface area (Å²) in [7, 11) is 0. The lowest BCUT2D eigenvalue weighted by Gasteiger charge is -2.07. The van der Waals surface area contributed by atoms with Crippen LogP contribution in [-0.2, 0) is 0 Å². The number of amides is 1. The molecule has 0 unspecified atom stereocenters. The minimum atomic E-state index is -0.551. The lowest BCUT2D eigenvalue weighted by Crippen LogP contribution is -2.16. The maximum Gasteiger partial charge on any atom is 0.252 e. The van der Waals surface area contributed by atoms with E-state index in [1.807, 2.05) is 31.2 Å². The van der Waals surface area contributed by atoms with Crippen molar-refractivity contribution in [3.8, 4) is 5.82 Å². The standard InChI is InChI=1S/C14H13N5O/c1-8-7-19(18-12(8)15)14-10(13(16)20)6-9-4-2-3-5-11(9)17-14/h2-7H,1H3,(H2,15,18)(H2,16,20). The van der Waals surface area contributed by atoms with Gasteiger partial charge in [-0.05, 0) is 19.1 Å². The number of nitrogens with two attached hydrogens (primary N) is 2. The molecule has 0 aliphatic carbocycles. The van der Waals surface area contributed by atoms with Gasteiger partial charge in [0.05, 0.1) is 11.1 Å². The van der Waals surface area contributed by atoms with Gasteiger partial charge in [-0.15, -0.1) is 5.10 Å². The van der Waals surface area contributed by atoms with Crippen molar-refractivity contribution >= 4 is 22.6 Å². The molecule has 20 heavy (non-hydrogen) atoms. The largest absolute Gasteiger partial charge is 0.382 e. The van der Waals surface area contributed by atoms with E-state index >= 15 is 0 Å². The third-order valence-corrected chi connectivity index (χ3v) is 3.12. The Kier molecular flexibility index (Phi) is 2.64. The molecule has 1 aromatic carbocycles. The van der Waals surface area contributed by atoms with Crippen LogP contribution in [0.25, 0.3) is 16.7 Å². The van der Waals surface area contributed by atoms with Gasteiger partial charge in [0.2, 0.25) is 0 Å². The number of primary amides is 1. The summed E-state index contributed by atoms with van der Waals surface area (Å²) in [6.07, 6.45) is 1.72. The maximum absolute atomic E-state index is 11.6. The van der Waals surface area contributed by atoms with Gasteiger partial charge < -0.3 is 11.5 Å². The van der Waals surface area contributed by atoms with E-state index in [1.165, 1.54) is 4.68 Å². The normalized spacial score (nSPS) is 10.8. The second-order valence-corrected chi connectivity index (χ2v) is 4.56. The summed E-state index contributed by atoms with van der Waals surface area (Å²) < 4.78 is 1.48. The summed E-state index contributed by atoms with van der Waals surface area (Å²) in [5.41, 5.74) is 13.1. The number of para-hydroxylation sites is 1. The molecule has 2 aromatic heterocycles. The molecule has 0 bridgehead atoms. The SMILES string of the molecule is Cc1cn(-c2nc3ccccc3cc2C(N)=O)nc1N. The van der Waals surface area contributed by atoms with Crippen LogP contribution in [0.3, 0.4) is 0 Å². The zero-order chi connectivity index (χ0) is 14.3. The molecule has 3 aromatic rings. The Morgan fingerprint density at radius 1 is 1.30 bits per heavy atom. The lowest BCUT2D eigenvalue weighted by molar-refractivity contribution is 0.1000. The van der Waals surface area contributed by atoms with Crippen molar-refractivity contribution in [1.29, 1.82) is 0 Å². The van der Waals surface area contributed by atoms with Crippen LogP contribution in [0.2, 0.25) is 0 Å². The fourth-order valence-corrected chi connectivity index (χ4v) is 2.04. The fourth-order valence-electron chi connectivity index (χ4n) is 2.04. The highest BCUT2D eigenvalue weighted by Crippen LogP contribution is 2.20. The van der Waals surface area contributed by atoms with Crippen LogP contribution < -0.4 is 11.5 Å². The minimum absolute atomic E-state index is 0.311. The second-order valence-electron chi connectivity index (χ2n) is 4.56. The first kappa shape index (κ1) is 12.2. The Labute approximate surface area is 115 Å². The first-order chi connectivity index (χ1) is 9.56. The van der Waals surface area contributed by atoms with Crippen molar-refractivity contribution in [3.63, 3.8) is 0 Å². The highest BCUT2D eigenvalue weighted by molar-refractivity contribution is 5.99. The van der Waals surface area contributed by atoms with Gasteiger partial charge >= 0.3 is 0 Å². The Balaban J connectivity index is 2.32. The van der Waals surface area contributed by atoms with Gasteiger partial charge in [-0.25, -0.2) is 9.67 Å². The van der Waals surface area contributed by atoms with Crippen LogP contribution in [0.4, 0.5) is 5.82 Å². The van der Waals surface area contributed by atoms with Crippen molar-refractivity contribution in [2.45, 2.75) is 6.92 Å². The minimum Gasteiger partial charge on any atom is -0.382 e. The number of rotatable bonds is 2. The van der Waals surface area contributed by atoms with Gasteiger partial charge in [-0.3, -0.25) is 4.79 Å². The monoisotopic (exact) mass is 267 g/mol. The van der Waals surface area contributed by atoms with Gasteiger partial charge in [0.15, 0.2) is 5.82 Å².